The summed E-state index contributed by atoms with van der Waals surface area (Å²) in [5.74, 6) is -0.886. The predicted molar refractivity (Wildman–Crippen MR) is 108 cm³/mol. The largest absolute Gasteiger partial charge is 0.478 e. The third-order valence-corrected chi connectivity index (χ3v) is 5.95. The van der Waals surface area contributed by atoms with Crippen LogP contribution >= 0.6 is 11.6 Å². The molecule has 140 valence electrons. The van der Waals surface area contributed by atoms with Gasteiger partial charge in [0.15, 0.2) is 0 Å². The number of hydrogen-bond donors (Lipinski definition) is 2. The molecule has 0 saturated carbocycles. The van der Waals surface area contributed by atoms with Gasteiger partial charge in [-0.15, -0.1) is 0 Å². The van der Waals surface area contributed by atoms with Gasteiger partial charge in [-0.25, -0.2) is 4.79 Å². The van der Waals surface area contributed by atoms with Crippen LogP contribution in [0, 0.1) is 6.92 Å². The molecule has 1 aliphatic rings. The van der Waals surface area contributed by atoms with Gasteiger partial charge < -0.3 is 10.1 Å². The van der Waals surface area contributed by atoms with Crippen molar-refractivity contribution in [3.05, 3.63) is 69.9 Å². The molecule has 5 heteroatoms. The summed E-state index contributed by atoms with van der Waals surface area (Å²) in [6, 6.07) is 11.7. The summed E-state index contributed by atoms with van der Waals surface area (Å²) in [7, 11) is 0. The zero-order valence-corrected chi connectivity index (χ0v) is 16.1. The highest BCUT2D eigenvalue weighted by Gasteiger charge is 2.25. The number of aromatic amines is 1. The fraction of sp³-hybridized carbons (Fsp3) is 0.318. The number of aromatic carboxylic acids is 1. The van der Waals surface area contributed by atoms with Gasteiger partial charge in [0.25, 0.3) is 0 Å². The van der Waals surface area contributed by atoms with Gasteiger partial charge >= 0.3 is 5.97 Å². The molecule has 27 heavy (non-hydrogen) atoms. The van der Waals surface area contributed by atoms with E-state index in [1.165, 1.54) is 23.8 Å². The van der Waals surface area contributed by atoms with Gasteiger partial charge in [-0.1, -0.05) is 30.2 Å². The highest BCUT2D eigenvalue weighted by atomic mass is 35.5. The lowest BCUT2D eigenvalue weighted by atomic mass is 9.93. The summed E-state index contributed by atoms with van der Waals surface area (Å²) in [5, 5.41) is 11.1. The Kier molecular flexibility index (Phi) is 4.94. The number of aromatic nitrogens is 1. The SMILES string of the molecule is Cc1cc(Cl)c(CN2CCCC[C@@H]2c2ccc(C(=O)O)cc2)c2cc[nH]c12. The van der Waals surface area contributed by atoms with E-state index < -0.39 is 5.97 Å². The quantitative estimate of drug-likeness (QED) is 0.621. The Hall–Kier alpha value is -2.30. The van der Waals surface area contributed by atoms with E-state index >= 15 is 0 Å². The van der Waals surface area contributed by atoms with Crippen LogP contribution in [0.3, 0.4) is 0 Å². The number of piperidine rings is 1. The first kappa shape index (κ1) is 18.1. The lowest BCUT2D eigenvalue weighted by molar-refractivity contribution is 0.0696. The first-order valence-corrected chi connectivity index (χ1v) is 9.75. The van der Waals surface area contributed by atoms with Gasteiger partial charge in [0, 0.05) is 34.7 Å². The van der Waals surface area contributed by atoms with Crippen LogP contribution in [-0.2, 0) is 6.54 Å². The van der Waals surface area contributed by atoms with E-state index in [9.17, 15) is 4.79 Å². The molecule has 4 nitrogen and oxygen atoms in total. The zero-order valence-electron chi connectivity index (χ0n) is 15.3. The van der Waals surface area contributed by atoms with Gasteiger partial charge in [-0.2, -0.15) is 0 Å². The zero-order chi connectivity index (χ0) is 19.0. The number of carboxylic acids is 1. The fourth-order valence-corrected chi connectivity index (χ4v) is 4.52. The molecule has 0 bridgehead atoms. The Labute approximate surface area is 163 Å². The number of hydrogen-bond acceptors (Lipinski definition) is 2. The Morgan fingerprint density at radius 3 is 2.78 bits per heavy atom. The average molecular weight is 383 g/mol. The lowest BCUT2D eigenvalue weighted by Crippen LogP contribution is -2.33. The molecule has 1 saturated heterocycles. The molecule has 3 aromatic rings. The number of aryl methyl sites for hydroxylation is 1. The van der Waals surface area contributed by atoms with Crippen LogP contribution in [0.2, 0.25) is 5.02 Å². The van der Waals surface area contributed by atoms with Crippen molar-refractivity contribution in [2.24, 2.45) is 0 Å². The molecule has 2 heterocycles. The molecule has 1 fully saturated rings. The van der Waals surface area contributed by atoms with Crippen molar-refractivity contribution in [1.82, 2.24) is 9.88 Å². The molecular weight excluding hydrogens is 360 g/mol. The number of carboxylic acid groups (broad SMARTS) is 1. The topological polar surface area (TPSA) is 56.3 Å². The van der Waals surface area contributed by atoms with Crippen LogP contribution in [0.5, 0.6) is 0 Å². The smallest absolute Gasteiger partial charge is 0.335 e. The Balaban J connectivity index is 1.66. The summed E-state index contributed by atoms with van der Waals surface area (Å²) in [5.41, 5.74) is 4.97. The maximum absolute atomic E-state index is 11.1. The number of likely N-dealkylation sites (tertiary alicyclic amines) is 1. The number of halogens is 1. The van der Waals surface area contributed by atoms with Crippen LogP contribution in [0.25, 0.3) is 10.9 Å². The van der Waals surface area contributed by atoms with Crippen molar-refractivity contribution < 1.29 is 9.90 Å². The second-order valence-corrected chi connectivity index (χ2v) is 7.74. The number of nitrogens with zero attached hydrogens (tertiary/aromatic N) is 1. The van der Waals surface area contributed by atoms with Crippen molar-refractivity contribution in [2.45, 2.75) is 38.8 Å². The molecular formula is C22H23ClN2O2. The van der Waals surface area contributed by atoms with Crippen molar-refractivity contribution in [2.75, 3.05) is 6.54 Å². The third-order valence-electron chi connectivity index (χ3n) is 5.62. The number of nitrogens with one attached hydrogen (secondary N) is 1. The molecule has 0 amide bonds. The standard InChI is InChI=1S/C22H23ClN2O2/c1-14-12-19(23)18(17-9-10-24-21(14)17)13-25-11-3-2-4-20(25)15-5-7-16(8-6-15)22(26)27/h5-10,12,20,24H,2-4,11,13H2,1H3,(H,26,27)/t20-/m1/s1. The molecule has 0 aliphatic carbocycles. The second kappa shape index (κ2) is 7.37. The van der Waals surface area contributed by atoms with Gasteiger partial charge in [0.2, 0.25) is 0 Å². The first-order chi connectivity index (χ1) is 13.0. The van der Waals surface area contributed by atoms with Gasteiger partial charge in [0.05, 0.1) is 5.56 Å². The van der Waals surface area contributed by atoms with Crippen molar-refractivity contribution in [1.29, 1.82) is 0 Å². The minimum atomic E-state index is -0.886. The van der Waals surface area contributed by atoms with E-state index in [4.69, 9.17) is 16.7 Å². The molecule has 0 radical (unpaired) electrons. The van der Waals surface area contributed by atoms with Crippen LogP contribution in [0.15, 0.2) is 42.6 Å². The maximum atomic E-state index is 11.1. The molecule has 2 aromatic carbocycles. The summed E-state index contributed by atoms with van der Waals surface area (Å²) in [6.07, 6.45) is 5.40. The third kappa shape index (κ3) is 3.47. The number of H-pyrrole nitrogens is 1. The number of benzene rings is 2. The average Bonchev–Trinajstić information content (AvgIpc) is 3.16. The highest BCUT2D eigenvalue weighted by molar-refractivity contribution is 6.32. The van der Waals surface area contributed by atoms with Crippen LogP contribution in [0.1, 0.15) is 52.4 Å². The molecule has 0 spiro atoms. The Bertz CT molecular complexity index is 978. The summed E-state index contributed by atoms with van der Waals surface area (Å²) >= 11 is 6.63. The molecule has 2 N–H and O–H groups in total. The normalized spacial score (nSPS) is 18.1. The minimum Gasteiger partial charge on any atom is -0.478 e. The van der Waals surface area contributed by atoms with Crippen molar-refractivity contribution >= 4 is 28.5 Å². The Morgan fingerprint density at radius 2 is 2.04 bits per heavy atom. The Morgan fingerprint density at radius 1 is 1.26 bits per heavy atom. The highest BCUT2D eigenvalue weighted by Crippen LogP contribution is 2.36. The second-order valence-electron chi connectivity index (χ2n) is 7.33. The lowest BCUT2D eigenvalue weighted by Gasteiger charge is -2.36. The molecule has 1 aromatic heterocycles. The van der Waals surface area contributed by atoms with Crippen LogP contribution < -0.4 is 0 Å². The number of fused-ring (bicyclic) bond motifs is 1. The maximum Gasteiger partial charge on any atom is 0.335 e. The van der Waals surface area contributed by atoms with E-state index in [0.29, 0.717) is 5.56 Å². The number of rotatable bonds is 4. The predicted octanol–water partition coefficient (Wildman–Crippen LogP) is 5.56. The van der Waals surface area contributed by atoms with Gasteiger partial charge in [-0.05, 0) is 67.3 Å². The van der Waals surface area contributed by atoms with E-state index in [1.807, 2.05) is 24.4 Å². The minimum absolute atomic E-state index is 0.285. The van der Waals surface area contributed by atoms with E-state index in [0.717, 1.165) is 41.2 Å². The van der Waals surface area contributed by atoms with Gasteiger partial charge in [-0.3, -0.25) is 4.90 Å². The van der Waals surface area contributed by atoms with E-state index in [-0.39, 0.29) is 6.04 Å². The van der Waals surface area contributed by atoms with Crippen molar-refractivity contribution in [3.8, 4) is 0 Å². The summed E-state index contributed by atoms with van der Waals surface area (Å²) in [6.45, 7) is 3.88. The monoisotopic (exact) mass is 382 g/mol. The molecule has 1 atom stereocenters. The first-order valence-electron chi connectivity index (χ1n) is 9.37. The molecule has 1 aliphatic heterocycles. The van der Waals surface area contributed by atoms with Crippen LogP contribution in [0.4, 0.5) is 0 Å². The number of carbonyl (C=O) groups is 1. The molecule has 0 unspecified atom stereocenters. The fourth-order valence-electron chi connectivity index (χ4n) is 4.19. The van der Waals surface area contributed by atoms with Crippen molar-refractivity contribution in [3.63, 3.8) is 0 Å². The van der Waals surface area contributed by atoms with E-state index in [2.05, 4.69) is 22.9 Å². The van der Waals surface area contributed by atoms with Gasteiger partial charge in [0.1, 0.15) is 0 Å². The molecule has 4 rings (SSSR count). The van der Waals surface area contributed by atoms with E-state index in [1.54, 1.807) is 12.1 Å². The summed E-state index contributed by atoms with van der Waals surface area (Å²) < 4.78 is 0. The van der Waals surface area contributed by atoms with Crippen LogP contribution in [-0.4, -0.2) is 27.5 Å². The summed E-state index contributed by atoms with van der Waals surface area (Å²) in [4.78, 5) is 16.9.